The van der Waals surface area contributed by atoms with E-state index in [1.807, 2.05) is 13.0 Å². The Labute approximate surface area is 206 Å². The maximum absolute atomic E-state index is 12.7. The topological polar surface area (TPSA) is 125 Å². The number of ether oxygens (including phenoxy) is 1. The van der Waals surface area contributed by atoms with Gasteiger partial charge in [0.05, 0.1) is 24.2 Å². The van der Waals surface area contributed by atoms with Crippen molar-refractivity contribution in [1.82, 2.24) is 4.98 Å². The van der Waals surface area contributed by atoms with Gasteiger partial charge in [0.1, 0.15) is 6.61 Å². The van der Waals surface area contributed by atoms with Gasteiger partial charge in [-0.3, -0.25) is 9.78 Å². The summed E-state index contributed by atoms with van der Waals surface area (Å²) in [6, 6.07) is 12.5. The van der Waals surface area contributed by atoms with Gasteiger partial charge in [0.2, 0.25) is 0 Å². The minimum Gasteiger partial charge on any atom is -0.370 e. The summed E-state index contributed by atoms with van der Waals surface area (Å²) in [4.78, 5) is 42.8. The summed E-state index contributed by atoms with van der Waals surface area (Å²) >= 11 is 5.86. The fourth-order valence-electron chi connectivity index (χ4n) is 3.44. The lowest BCUT2D eigenvalue weighted by Crippen LogP contribution is -2.41. The number of amides is 5. The van der Waals surface area contributed by atoms with Crippen LogP contribution in [-0.4, -0.2) is 42.7 Å². The summed E-state index contributed by atoms with van der Waals surface area (Å²) < 4.78 is 5.17. The zero-order chi connectivity index (χ0) is 24.8. The van der Waals surface area contributed by atoms with Crippen LogP contribution in [0.1, 0.15) is 5.56 Å². The molecule has 0 aliphatic carbocycles. The molecule has 3 aromatic rings. The van der Waals surface area contributed by atoms with Crippen LogP contribution in [-0.2, 0) is 9.53 Å². The molecule has 1 fully saturated rings. The molecule has 0 unspecified atom stereocenters. The lowest BCUT2D eigenvalue weighted by molar-refractivity contribution is -0.125. The van der Waals surface area contributed by atoms with Crippen LogP contribution in [0.25, 0.3) is 0 Å². The number of nitrogens with one attached hydrogen (secondary N) is 4. The van der Waals surface area contributed by atoms with E-state index in [1.165, 1.54) is 12.4 Å². The number of hydrogen-bond donors (Lipinski definition) is 4. The fraction of sp³-hybridized carbons (Fsp3) is 0.167. The predicted octanol–water partition coefficient (Wildman–Crippen LogP) is 4.69. The summed E-state index contributed by atoms with van der Waals surface area (Å²) in [5.41, 5.74) is 3.33. The van der Waals surface area contributed by atoms with Crippen LogP contribution in [0.5, 0.6) is 0 Å². The molecule has 2 aromatic carbocycles. The van der Waals surface area contributed by atoms with Crippen LogP contribution >= 0.6 is 11.6 Å². The highest BCUT2D eigenvalue weighted by Gasteiger charge is 2.21. The van der Waals surface area contributed by atoms with Gasteiger partial charge in [0.15, 0.2) is 0 Å². The molecule has 5 amide bonds. The molecule has 35 heavy (non-hydrogen) atoms. The quantitative estimate of drug-likeness (QED) is 0.409. The number of halogens is 1. The third-order valence-corrected chi connectivity index (χ3v) is 5.43. The summed E-state index contributed by atoms with van der Waals surface area (Å²) in [7, 11) is 0. The van der Waals surface area contributed by atoms with Crippen LogP contribution in [0.3, 0.4) is 0 Å². The smallest absolute Gasteiger partial charge is 0.323 e. The molecule has 10 nitrogen and oxygen atoms in total. The molecular weight excluding hydrogens is 472 g/mol. The van der Waals surface area contributed by atoms with E-state index < -0.39 is 12.1 Å². The molecule has 1 aliphatic heterocycles. The molecule has 180 valence electrons. The maximum Gasteiger partial charge on any atom is 0.323 e. The number of rotatable bonds is 5. The van der Waals surface area contributed by atoms with Gasteiger partial charge in [-0.2, -0.15) is 0 Å². The van der Waals surface area contributed by atoms with Crippen LogP contribution in [0.4, 0.5) is 38.0 Å². The number of morpholine rings is 1. The van der Waals surface area contributed by atoms with Gasteiger partial charge >= 0.3 is 12.1 Å². The first kappa shape index (κ1) is 24.0. The maximum atomic E-state index is 12.7. The number of benzene rings is 2. The number of aromatic nitrogens is 1. The Morgan fingerprint density at radius 1 is 0.943 bits per heavy atom. The third kappa shape index (κ3) is 6.25. The second-order valence-corrected chi connectivity index (χ2v) is 8.12. The first-order chi connectivity index (χ1) is 16.9. The monoisotopic (exact) mass is 494 g/mol. The molecule has 4 N–H and O–H groups in total. The van der Waals surface area contributed by atoms with Crippen molar-refractivity contribution >= 4 is 58.0 Å². The van der Waals surface area contributed by atoms with Crippen LogP contribution in [0.2, 0.25) is 5.02 Å². The second kappa shape index (κ2) is 10.9. The van der Waals surface area contributed by atoms with Crippen molar-refractivity contribution < 1.29 is 19.1 Å². The minimum atomic E-state index is -0.516. The number of urea groups is 2. The van der Waals surface area contributed by atoms with E-state index in [9.17, 15) is 14.4 Å². The highest BCUT2D eigenvalue weighted by Crippen LogP contribution is 2.25. The van der Waals surface area contributed by atoms with Crippen molar-refractivity contribution in [1.29, 1.82) is 0 Å². The summed E-state index contributed by atoms with van der Waals surface area (Å²) in [5.74, 6) is -0.106. The highest BCUT2D eigenvalue weighted by molar-refractivity contribution is 6.30. The average Bonchev–Trinajstić information content (AvgIpc) is 2.83. The molecular formula is C24H23ClN6O4. The SMILES string of the molecule is Cc1cc(N2CCOCC2=O)ccc1NC(=O)Nc1cnccc1NC(=O)Nc1ccc(Cl)cc1. The Morgan fingerprint density at radius 3 is 2.40 bits per heavy atom. The number of anilines is 5. The van der Waals surface area contributed by atoms with Gasteiger partial charge in [0, 0.05) is 34.8 Å². The molecule has 0 bridgehead atoms. The third-order valence-electron chi connectivity index (χ3n) is 5.18. The van der Waals surface area contributed by atoms with E-state index in [2.05, 4.69) is 26.3 Å². The largest absolute Gasteiger partial charge is 0.370 e. The molecule has 1 aromatic heterocycles. The molecule has 1 saturated heterocycles. The van der Waals surface area contributed by atoms with Gasteiger partial charge in [0.25, 0.3) is 5.91 Å². The fourth-order valence-corrected chi connectivity index (χ4v) is 3.57. The summed E-state index contributed by atoms with van der Waals surface area (Å²) in [5, 5.41) is 11.4. The van der Waals surface area contributed by atoms with E-state index in [1.54, 1.807) is 47.4 Å². The van der Waals surface area contributed by atoms with E-state index in [0.29, 0.717) is 40.9 Å². The number of hydrogen-bond acceptors (Lipinski definition) is 5. The van der Waals surface area contributed by atoms with Gasteiger partial charge in [-0.05, 0) is 61.0 Å². The molecule has 0 spiro atoms. The van der Waals surface area contributed by atoms with Gasteiger partial charge in [-0.15, -0.1) is 0 Å². The first-order valence-corrected chi connectivity index (χ1v) is 11.1. The van der Waals surface area contributed by atoms with Crippen molar-refractivity contribution in [2.24, 2.45) is 0 Å². The first-order valence-electron chi connectivity index (χ1n) is 10.7. The van der Waals surface area contributed by atoms with Crippen molar-refractivity contribution in [2.45, 2.75) is 6.92 Å². The second-order valence-electron chi connectivity index (χ2n) is 7.68. The zero-order valence-electron chi connectivity index (χ0n) is 18.8. The zero-order valence-corrected chi connectivity index (χ0v) is 19.6. The van der Waals surface area contributed by atoms with Crippen molar-refractivity contribution in [3.63, 3.8) is 0 Å². The van der Waals surface area contributed by atoms with Gasteiger partial charge < -0.3 is 30.9 Å². The van der Waals surface area contributed by atoms with Gasteiger partial charge in [-0.25, -0.2) is 9.59 Å². The van der Waals surface area contributed by atoms with E-state index >= 15 is 0 Å². The number of carbonyl (C=O) groups excluding carboxylic acids is 3. The summed E-state index contributed by atoms with van der Waals surface area (Å²) in [6.07, 6.45) is 2.92. The van der Waals surface area contributed by atoms with Crippen LogP contribution in [0, 0.1) is 6.92 Å². The molecule has 0 atom stereocenters. The molecule has 1 aliphatic rings. The molecule has 0 radical (unpaired) electrons. The lowest BCUT2D eigenvalue weighted by Gasteiger charge is -2.27. The Kier molecular flexibility index (Phi) is 7.44. The standard InChI is InChI=1S/C24H23ClN6O4/c1-15-12-18(31-10-11-35-14-22(31)32)6-7-19(15)28-24(34)30-21-13-26-9-8-20(21)29-23(33)27-17-4-2-16(25)3-5-17/h2-9,12-13H,10-11,14H2,1H3,(H2,28,30,34)(H2,26,27,29,33). The van der Waals surface area contributed by atoms with Crippen LogP contribution in [0.15, 0.2) is 60.9 Å². The molecule has 11 heteroatoms. The van der Waals surface area contributed by atoms with Crippen molar-refractivity contribution in [2.75, 3.05) is 45.9 Å². The Bertz CT molecular complexity index is 1250. The van der Waals surface area contributed by atoms with Crippen molar-refractivity contribution in [3.8, 4) is 0 Å². The molecule has 0 saturated carbocycles. The van der Waals surface area contributed by atoms with E-state index in [-0.39, 0.29) is 12.5 Å². The number of pyridine rings is 1. The molecule has 2 heterocycles. The Balaban J connectivity index is 1.39. The minimum absolute atomic E-state index is 0.0562. The Morgan fingerprint density at radius 2 is 1.66 bits per heavy atom. The van der Waals surface area contributed by atoms with E-state index in [0.717, 1.165) is 11.3 Å². The van der Waals surface area contributed by atoms with E-state index in [4.69, 9.17) is 16.3 Å². The van der Waals surface area contributed by atoms with Gasteiger partial charge in [-0.1, -0.05) is 11.6 Å². The normalized spacial score (nSPS) is 13.2. The highest BCUT2D eigenvalue weighted by atomic mass is 35.5. The Hall–Kier alpha value is -4.15. The number of aryl methyl sites for hydroxylation is 1. The molecule has 4 rings (SSSR count). The average molecular weight is 495 g/mol. The summed E-state index contributed by atoms with van der Waals surface area (Å²) in [6.45, 7) is 2.85. The lowest BCUT2D eigenvalue weighted by atomic mass is 10.1. The predicted molar refractivity (Wildman–Crippen MR) is 135 cm³/mol. The number of nitrogens with zero attached hydrogens (tertiary/aromatic N) is 2. The number of carbonyl (C=O) groups is 3. The van der Waals surface area contributed by atoms with Crippen LogP contribution < -0.4 is 26.2 Å². The van der Waals surface area contributed by atoms with Crippen molar-refractivity contribution in [3.05, 3.63) is 71.5 Å².